The molecule has 0 aromatic heterocycles. The highest BCUT2D eigenvalue weighted by Crippen LogP contribution is 2.14. The molecule has 2 heteroatoms. The molecular formula is C11H24N2. The van der Waals surface area contributed by atoms with Gasteiger partial charge in [0.1, 0.15) is 0 Å². The van der Waals surface area contributed by atoms with Crippen LogP contribution in [-0.2, 0) is 0 Å². The van der Waals surface area contributed by atoms with Crippen LogP contribution in [0, 0.1) is 0 Å². The summed E-state index contributed by atoms with van der Waals surface area (Å²) in [5.41, 5.74) is 0.351. The molecule has 1 saturated heterocycles. The zero-order valence-corrected chi connectivity index (χ0v) is 9.32. The largest absolute Gasteiger partial charge is 0.313 e. The van der Waals surface area contributed by atoms with E-state index in [2.05, 4.69) is 31.4 Å². The normalized spacial score (nSPS) is 23.8. The first-order valence-corrected chi connectivity index (χ1v) is 5.68. The summed E-state index contributed by atoms with van der Waals surface area (Å²) >= 11 is 0. The highest BCUT2D eigenvalue weighted by atomic mass is 15.0. The summed E-state index contributed by atoms with van der Waals surface area (Å²) in [6.45, 7) is 9.19. The number of hydrogen-bond donors (Lipinski definition) is 2. The van der Waals surface area contributed by atoms with Gasteiger partial charge in [0.15, 0.2) is 0 Å². The lowest BCUT2D eigenvalue weighted by molar-refractivity contribution is 0.317. The van der Waals surface area contributed by atoms with Crippen LogP contribution in [0.25, 0.3) is 0 Å². The molecule has 13 heavy (non-hydrogen) atoms. The second-order valence-electron chi connectivity index (χ2n) is 4.44. The summed E-state index contributed by atoms with van der Waals surface area (Å²) in [5, 5.41) is 7.19. The SMILES string of the molecule is CCC(C)(CC)NCC1CCCN1. The van der Waals surface area contributed by atoms with Crippen LogP contribution in [0.3, 0.4) is 0 Å². The number of nitrogens with one attached hydrogen (secondary N) is 2. The van der Waals surface area contributed by atoms with Crippen molar-refractivity contribution in [3.8, 4) is 0 Å². The summed E-state index contributed by atoms with van der Waals surface area (Å²) in [7, 11) is 0. The Kier molecular flexibility index (Phi) is 4.20. The third-order valence-electron chi connectivity index (χ3n) is 3.50. The average Bonchev–Trinajstić information content (AvgIpc) is 2.67. The van der Waals surface area contributed by atoms with Crippen LogP contribution in [0.5, 0.6) is 0 Å². The summed E-state index contributed by atoms with van der Waals surface area (Å²) in [5.74, 6) is 0. The van der Waals surface area contributed by atoms with Crippen LogP contribution in [0.4, 0.5) is 0 Å². The molecular weight excluding hydrogens is 160 g/mol. The molecule has 1 fully saturated rings. The van der Waals surface area contributed by atoms with Gasteiger partial charge in [-0.25, -0.2) is 0 Å². The first kappa shape index (κ1) is 11.0. The van der Waals surface area contributed by atoms with E-state index in [0.717, 1.165) is 12.6 Å². The van der Waals surface area contributed by atoms with E-state index in [0.29, 0.717) is 5.54 Å². The maximum absolute atomic E-state index is 3.67. The fourth-order valence-corrected chi connectivity index (χ4v) is 1.80. The standard InChI is InChI=1S/C11H24N2/c1-4-11(3,5-2)13-9-10-7-6-8-12-10/h10,12-13H,4-9H2,1-3H3. The number of rotatable bonds is 5. The molecule has 0 radical (unpaired) electrons. The molecule has 78 valence electrons. The van der Waals surface area contributed by atoms with Gasteiger partial charge in [0, 0.05) is 18.1 Å². The lowest BCUT2D eigenvalue weighted by Crippen LogP contribution is -2.46. The van der Waals surface area contributed by atoms with E-state index in [-0.39, 0.29) is 0 Å². The Morgan fingerprint density at radius 1 is 1.38 bits per heavy atom. The predicted octanol–water partition coefficient (Wildman–Crippen LogP) is 1.91. The molecule has 1 aliphatic heterocycles. The third kappa shape index (κ3) is 3.28. The van der Waals surface area contributed by atoms with Gasteiger partial charge in [-0.05, 0) is 39.2 Å². The molecule has 0 aromatic carbocycles. The van der Waals surface area contributed by atoms with Crippen LogP contribution in [0.15, 0.2) is 0 Å². The first-order chi connectivity index (χ1) is 6.20. The van der Waals surface area contributed by atoms with E-state index in [1.807, 2.05) is 0 Å². The van der Waals surface area contributed by atoms with E-state index < -0.39 is 0 Å². The predicted molar refractivity (Wildman–Crippen MR) is 58.0 cm³/mol. The summed E-state index contributed by atoms with van der Waals surface area (Å²) < 4.78 is 0. The van der Waals surface area contributed by atoms with Gasteiger partial charge in [0.05, 0.1) is 0 Å². The Morgan fingerprint density at radius 3 is 2.54 bits per heavy atom. The summed E-state index contributed by atoms with van der Waals surface area (Å²) in [6, 6.07) is 0.720. The molecule has 0 amide bonds. The second-order valence-corrected chi connectivity index (χ2v) is 4.44. The van der Waals surface area contributed by atoms with Gasteiger partial charge in [-0.3, -0.25) is 0 Å². The Hall–Kier alpha value is -0.0800. The molecule has 1 unspecified atom stereocenters. The molecule has 0 spiro atoms. The smallest absolute Gasteiger partial charge is 0.0193 e. The quantitative estimate of drug-likeness (QED) is 0.682. The van der Waals surface area contributed by atoms with Gasteiger partial charge in [-0.15, -0.1) is 0 Å². The van der Waals surface area contributed by atoms with Crippen molar-refractivity contribution in [1.29, 1.82) is 0 Å². The Morgan fingerprint density at radius 2 is 2.08 bits per heavy atom. The zero-order valence-electron chi connectivity index (χ0n) is 9.32. The fraction of sp³-hybridized carbons (Fsp3) is 1.00. The van der Waals surface area contributed by atoms with Crippen molar-refractivity contribution in [3.63, 3.8) is 0 Å². The number of hydrogen-bond acceptors (Lipinski definition) is 2. The van der Waals surface area contributed by atoms with Gasteiger partial charge >= 0.3 is 0 Å². The minimum atomic E-state index is 0.351. The monoisotopic (exact) mass is 184 g/mol. The van der Waals surface area contributed by atoms with Crippen molar-refractivity contribution in [2.24, 2.45) is 0 Å². The van der Waals surface area contributed by atoms with Crippen LogP contribution >= 0.6 is 0 Å². The van der Waals surface area contributed by atoms with E-state index in [4.69, 9.17) is 0 Å². The van der Waals surface area contributed by atoms with Gasteiger partial charge in [0.25, 0.3) is 0 Å². The lowest BCUT2D eigenvalue weighted by Gasteiger charge is -2.30. The van der Waals surface area contributed by atoms with Gasteiger partial charge in [-0.1, -0.05) is 13.8 Å². The molecule has 1 heterocycles. The third-order valence-corrected chi connectivity index (χ3v) is 3.50. The molecule has 0 bridgehead atoms. The summed E-state index contributed by atoms with van der Waals surface area (Å²) in [4.78, 5) is 0. The maximum Gasteiger partial charge on any atom is 0.0193 e. The van der Waals surface area contributed by atoms with Crippen LogP contribution < -0.4 is 10.6 Å². The molecule has 0 saturated carbocycles. The van der Waals surface area contributed by atoms with Gasteiger partial charge < -0.3 is 10.6 Å². The van der Waals surface area contributed by atoms with Gasteiger partial charge in [0.2, 0.25) is 0 Å². The minimum Gasteiger partial charge on any atom is -0.313 e. The van der Waals surface area contributed by atoms with Crippen LogP contribution in [0.2, 0.25) is 0 Å². The van der Waals surface area contributed by atoms with Crippen molar-refractivity contribution >= 4 is 0 Å². The minimum absolute atomic E-state index is 0.351. The zero-order chi connectivity index (χ0) is 9.73. The molecule has 0 aromatic rings. The van der Waals surface area contributed by atoms with Crippen molar-refractivity contribution in [2.75, 3.05) is 13.1 Å². The van der Waals surface area contributed by atoms with Crippen molar-refractivity contribution < 1.29 is 0 Å². The van der Waals surface area contributed by atoms with E-state index in [1.54, 1.807) is 0 Å². The highest BCUT2D eigenvalue weighted by molar-refractivity contribution is 4.84. The molecule has 1 atom stereocenters. The fourth-order valence-electron chi connectivity index (χ4n) is 1.80. The van der Waals surface area contributed by atoms with E-state index >= 15 is 0 Å². The van der Waals surface area contributed by atoms with Gasteiger partial charge in [-0.2, -0.15) is 0 Å². The molecule has 1 rings (SSSR count). The van der Waals surface area contributed by atoms with Crippen LogP contribution in [0.1, 0.15) is 46.5 Å². The summed E-state index contributed by atoms with van der Waals surface area (Å²) in [6.07, 6.45) is 5.13. The highest BCUT2D eigenvalue weighted by Gasteiger charge is 2.21. The first-order valence-electron chi connectivity index (χ1n) is 5.68. The van der Waals surface area contributed by atoms with Crippen molar-refractivity contribution in [2.45, 2.75) is 58.0 Å². The van der Waals surface area contributed by atoms with Crippen LogP contribution in [-0.4, -0.2) is 24.7 Å². The second kappa shape index (κ2) is 4.97. The average molecular weight is 184 g/mol. The Bertz CT molecular complexity index is 135. The lowest BCUT2D eigenvalue weighted by atomic mass is 9.95. The molecule has 2 N–H and O–H groups in total. The van der Waals surface area contributed by atoms with E-state index in [1.165, 1.54) is 32.2 Å². The molecule has 2 nitrogen and oxygen atoms in total. The Labute approximate surface area is 82.5 Å². The maximum atomic E-state index is 3.67. The topological polar surface area (TPSA) is 24.1 Å². The van der Waals surface area contributed by atoms with Crippen molar-refractivity contribution in [3.05, 3.63) is 0 Å². The van der Waals surface area contributed by atoms with E-state index in [9.17, 15) is 0 Å². The molecule has 1 aliphatic rings. The van der Waals surface area contributed by atoms with Crippen molar-refractivity contribution in [1.82, 2.24) is 10.6 Å². The Balaban J connectivity index is 2.22. The molecule has 0 aliphatic carbocycles.